The van der Waals surface area contributed by atoms with E-state index in [1.807, 2.05) is 31.2 Å². The molecule has 156 valence electrons. The molecule has 2 aromatic carbocycles. The molecule has 0 aromatic heterocycles. The lowest BCUT2D eigenvalue weighted by atomic mass is 9.96. The van der Waals surface area contributed by atoms with E-state index in [1.54, 1.807) is 0 Å². The van der Waals surface area contributed by atoms with E-state index in [9.17, 15) is 13.6 Å². The first kappa shape index (κ1) is 21.4. The van der Waals surface area contributed by atoms with Crippen LogP contribution in [0.3, 0.4) is 0 Å². The van der Waals surface area contributed by atoms with Gasteiger partial charge in [0.05, 0.1) is 0 Å². The lowest BCUT2D eigenvalue weighted by Gasteiger charge is -2.35. The van der Waals surface area contributed by atoms with Gasteiger partial charge < -0.3 is 15.1 Å². The van der Waals surface area contributed by atoms with Gasteiger partial charge in [-0.2, -0.15) is 0 Å². The first-order valence-electron chi connectivity index (χ1n) is 10.4. The highest BCUT2D eigenvalue weighted by Crippen LogP contribution is 2.20. The molecule has 1 fully saturated rings. The topological polar surface area (TPSA) is 38.0 Å². The van der Waals surface area contributed by atoms with Crippen LogP contribution >= 0.6 is 0 Å². The smallest absolute Gasteiger partial charge is 0.275 e. The van der Waals surface area contributed by atoms with Crippen molar-refractivity contribution in [3.63, 3.8) is 0 Å². The second-order valence-electron chi connectivity index (χ2n) is 8.00. The molecular weight excluding hydrogens is 372 g/mol. The third kappa shape index (κ3) is 5.84. The van der Waals surface area contributed by atoms with Gasteiger partial charge in [0.25, 0.3) is 5.91 Å². The number of hydrogen-bond donors (Lipinski definition) is 3. The molecule has 1 aliphatic rings. The summed E-state index contributed by atoms with van der Waals surface area (Å²) in [5.41, 5.74) is 2.04. The quantitative estimate of drug-likeness (QED) is 0.627. The molecule has 0 radical (unpaired) electrons. The zero-order valence-electron chi connectivity index (χ0n) is 17.2. The summed E-state index contributed by atoms with van der Waals surface area (Å²) in [6, 6.07) is 13.4. The molecule has 3 rings (SSSR count). The van der Waals surface area contributed by atoms with Crippen molar-refractivity contribution < 1.29 is 23.4 Å². The molecule has 0 aliphatic carbocycles. The number of benzene rings is 2. The number of carbonyl (C=O) groups excluding carboxylic acids is 1. The van der Waals surface area contributed by atoms with Gasteiger partial charge >= 0.3 is 0 Å². The maximum atomic E-state index is 13.4. The summed E-state index contributed by atoms with van der Waals surface area (Å²) >= 11 is 0. The number of hydrogen-bond acceptors (Lipinski definition) is 1. The third-order valence-corrected chi connectivity index (χ3v) is 5.84. The predicted molar refractivity (Wildman–Crippen MR) is 109 cm³/mol. The molecule has 3 N–H and O–H groups in total. The maximum Gasteiger partial charge on any atom is 0.275 e. The first-order valence-corrected chi connectivity index (χ1v) is 10.4. The predicted octanol–water partition coefficient (Wildman–Crippen LogP) is 0.752. The fourth-order valence-corrected chi connectivity index (χ4v) is 4.02. The van der Waals surface area contributed by atoms with Gasteiger partial charge in [-0.3, -0.25) is 4.79 Å². The largest absolute Gasteiger partial charge is 0.349 e. The van der Waals surface area contributed by atoms with E-state index in [0.29, 0.717) is 6.54 Å². The van der Waals surface area contributed by atoms with Crippen LogP contribution in [0.4, 0.5) is 8.78 Å². The normalized spacial score (nSPS) is 20.4. The standard InChI is InChI=1S/C23H29F2N3O/c1-3-17(2)26-22(29)16-27-12-14-28(15-13-27)23(18-4-8-20(24)9-5-18)19-6-10-21(25)11-7-19/h4-11,17,23H,3,12-16H2,1-2H3,(H,26,29)/p+2/t17-/m1/s1. The van der Waals surface area contributed by atoms with Crippen LogP contribution in [0.2, 0.25) is 0 Å². The summed E-state index contributed by atoms with van der Waals surface area (Å²) in [6.07, 6.45) is 0.927. The van der Waals surface area contributed by atoms with Crippen molar-refractivity contribution in [3.8, 4) is 0 Å². The lowest BCUT2D eigenvalue weighted by molar-refractivity contribution is -1.02. The third-order valence-electron chi connectivity index (χ3n) is 5.84. The van der Waals surface area contributed by atoms with Crippen LogP contribution in [0.25, 0.3) is 0 Å². The Labute approximate surface area is 171 Å². The zero-order valence-corrected chi connectivity index (χ0v) is 17.2. The van der Waals surface area contributed by atoms with Crippen LogP contribution in [-0.4, -0.2) is 44.7 Å². The van der Waals surface area contributed by atoms with Crippen LogP contribution in [0, 0.1) is 11.6 Å². The summed E-state index contributed by atoms with van der Waals surface area (Å²) < 4.78 is 26.9. The van der Waals surface area contributed by atoms with Crippen molar-refractivity contribution in [2.45, 2.75) is 32.4 Å². The Morgan fingerprint density at radius 1 is 0.931 bits per heavy atom. The number of halogens is 2. The van der Waals surface area contributed by atoms with Crippen molar-refractivity contribution in [1.82, 2.24) is 5.32 Å². The number of rotatable bonds is 7. The molecule has 1 atom stereocenters. The van der Waals surface area contributed by atoms with Gasteiger partial charge in [0.2, 0.25) is 0 Å². The Kier molecular flexibility index (Phi) is 7.34. The van der Waals surface area contributed by atoms with E-state index in [0.717, 1.165) is 43.7 Å². The summed E-state index contributed by atoms with van der Waals surface area (Å²) in [5.74, 6) is -0.419. The Morgan fingerprint density at radius 2 is 1.41 bits per heavy atom. The highest BCUT2D eigenvalue weighted by atomic mass is 19.1. The van der Waals surface area contributed by atoms with E-state index < -0.39 is 0 Å². The first-order chi connectivity index (χ1) is 14.0. The summed E-state index contributed by atoms with van der Waals surface area (Å²) in [6.45, 7) is 8.15. The second-order valence-corrected chi connectivity index (χ2v) is 8.00. The highest BCUT2D eigenvalue weighted by molar-refractivity contribution is 5.77. The van der Waals surface area contributed by atoms with E-state index in [2.05, 4.69) is 12.2 Å². The van der Waals surface area contributed by atoms with Gasteiger partial charge in [-0.1, -0.05) is 6.92 Å². The minimum absolute atomic E-state index is 0.0201. The molecule has 1 heterocycles. The Bertz CT molecular complexity index is 741. The molecule has 0 unspecified atom stereocenters. The van der Waals surface area contributed by atoms with Gasteiger partial charge in [-0.15, -0.1) is 0 Å². The van der Waals surface area contributed by atoms with Gasteiger partial charge in [-0.05, 0) is 61.9 Å². The Hall–Kier alpha value is -2.31. The van der Waals surface area contributed by atoms with Crippen molar-refractivity contribution in [3.05, 3.63) is 71.3 Å². The van der Waals surface area contributed by atoms with Gasteiger partial charge in [0, 0.05) is 17.2 Å². The number of quaternary nitrogens is 2. The zero-order chi connectivity index (χ0) is 20.8. The summed E-state index contributed by atoms with van der Waals surface area (Å²) in [7, 11) is 0. The molecule has 0 bridgehead atoms. The van der Waals surface area contributed by atoms with E-state index in [-0.39, 0.29) is 29.6 Å². The summed E-state index contributed by atoms with van der Waals surface area (Å²) in [4.78, 5) is 14.8. The Morgan fingerprint density at radius 3 is 1.86 bits per heavy atom. The molecule has 1 saturated heterocycles. The van der Waals surface area contributed by atoms with Crippen molar-refractivity contribution in [2.75, 3.05) is 32.7 Å². The van der Waals surface area contributed by atoms with Gasteiger partial charge in [0.1, 0.15) is 43.9 Å². The molecule has 4 nitrogen and oxygen atoms in total. The van der Waals surface area contributed by atoms with Crippen molar-refractivity contribution in [2.24, 2.45) is 0 Å². The Balaban J connectivity index is 1.69. The van der Waals surface area contributed by atoms with Crippen LogP contribution in [0.1, 0.15) is 37.4 Å². The summed E-state index contributed by atoms with van der Waals surface area (Å²) in [5, 5.41) is 3.04. The van der Waals surface area contributed by atoms with Crippen molar-refractivity contribution >= 4 is 5.91 Å². The highest BCUT2D eigenvalue weighted by Gasteiger charge is 2.32. The second kappa shape index (κ2) is 9.94. The molecular formula is C23H31F2N3O+2. The molecule has 1 amide bonds. The molecule has 2 aromatic rings. The average molecular weight is 404 g/mol. The minimum Gasteiger partial charge on any atom is -0.349 e. The molecule has 1 aliphatic heterocycles. The number of carbonyl (C=O) groups is 1. The van der Waals surface area contributed by atoms with E-state index in [4.69, 9.17) is 0 Å². The maximum absolute atomic E-state index is 13.4. The van der Waals surface area contributed by atoms with E-state index in [1.165, 1.54) is 34.1 Å². The van der Waals surface area contributed by atoms with Crippen LogP contribution < -0.4 is 15.1 Å². The van der Waals surface area contributed by atoms with Crippen LogP contribution in [0.15, 0.2) is 48.5 Å². The SMILES string of the molecule is CC[C@@H](C)NC(=O)C[NH+]1CC[NH+](C(c2ccc(F)cc2)c2ccc(F)cc2)CC1. The molecule has 6 heteroatoms. The molecule has 0 saturated carbocycles. The van der Waals surface area contributed by atoms with Gasteiger partial charge in [-0.25, -0.2) is 8.78 Å². The number of piperazine rings is 1. The molecule has 0 spiro atoms. The fourth-order valence-electron chi connectivity index (χ4n) is 4.02. The van der Waals surface area contributed by atoms with Gasteiger partial charge in [0.15, 0.2) is 6.54 Å². The molecule has 29 heavy (non-hydrogen) atoms. The minimum atomic E-state index is -0.261. The van der Waals surface area contributed by atoms with Crippen LogP contribution in [-0.2, 0) is 4.79 Å². The van der Waals surface area contributed by atoms with Crippen LogP contribution in [0.5, 0.6) is 0 Å². The number of amides is 1. The fraction of sp³-hybridized carbons (Fsp3) is 0.435. The lowest BCUT2D eigenvalue weighted by Crippen LogP contribution is -3.28. The van der Waals surface area contributed by atoms with Crippen molar-refractivity contribution in [1.29, 1.82) is 0 Å². The number of nitrogens with one attached hydrogen (secondary N) is 3. The average Bonchev–Trinajstić information content (AvgIpc) is 2.72. The monoisotopic (exact) mass is 403 g/mol. The van der Waals surface area contributed by atoms with E-state index >= 15 is 0 Å².